The summed E-state index contributed by atoms with van der Waals surface area (Å²) in [6.07, 6.45) is 4.18. The highest BCUT2D eigenvalue weighted by Crippen LogP contribution is 2.26. The fourth-order valence-corrected chi connectivity index (χ4v) is 3.37. The van der Waals surface area contributed by atoms with Crippen LogP contribution in [0.15, 0.2) is 36.7 Å². The van der Waals surface area contributed by atoms with Crippen LogP contribution < -0.4 is 5.32 Å². The molecule has 0 bridgehead atoms. The molecule has 1 fully saturated rings. The molecule has 0 spiro atoms. The minimum absolute atomic E-state index is 0.357. The largest absolute Gasteiger partial charge is 0.314 e. The van der Waals surface area contributed by atoms with Crippen molar-refractivity contribution < 1.29 is 0 Å². The lowest BCUT2D eigenvalue weighted by Crippen LogP contribution is -2.45. The van der Waals surface area contributed by atoms with Crippen molar-refractivity contribution in [2.75, 3.05) is 19.6 Å². The molecule has 1 aliphatic rings. The maximum absolute atomic E-state index is 6.17. The Labute approximate surface area is 143 Å². The molecule has 1 aliphatic heterocycles. The Bertz CT molecular complexity index is 637. The van der Waals surface area contributed by atoms with Crippen LogP contribution in [0.4, 0.5) is 0 Å². The molecule has 1 atom stereocenters. The Hall–Kier alpha value is -1.36. The number of hydrogen-bond acceptors (Lipinski definition) is 3. The Morgan fingerprint density at radius 2 is 2.26 bits per heavy atom. The third-order valence-electron chi connectivity index (χ3n) is 4.21. The summed E-state index contributed by atoms with van der Waals surface area (Å²) in [5.41, 5.74) is 2.55. The number of nitrogens with one attached hydrogen (secondary N) is 1. The molecule has 0 aliphatic carbocycles. The van der Waals surface area contributed by atoms with Gasteiger partial charge in [0.1, 0.15) is 0 Å². The van der Waals surface area contributed by atoms with Crippen molar-refractivity contribution in [3.05, 3.63) is 52.8 Å². The fourth-order valence-electron chi connectivity index (χ4n) is 3.17. The highest BCUT2D eigenvalue weighted by atomic mass is 35.5. The van der Waals surface area contributed by atoms with E-state index < -0.39 is 0 Å². The molecular formula is C18H25ClN4. The van der Waals surface area contributed by atoms with E-state index in [9.17, 15) is 0 Å². The third-order valence-corrected chi connectivity index (χ3v) is 4.45. The molecule has 4 nitrogen and oxygen atoms in total. The first-order valence-corrected chi connectivity index (χ1v) is 8.71. The number of benzene rings is 1. The van der Waals surface area contributed by atoms with Crippen molar-refractivity contribution in [3.63, 3.8) is 0 Å². The SMILES string of the molecule is CC(C)Cn1cc(CN2CCNCC2c2cccc(Cl)c2)cn1. The van der Waals surface area contributed by atoms with Gasteiger partial charge < -0.3 is 5.32 Å². The van der Waals surface area contributed by atoms with Gasteiger partial charge in [-0.05, 0) is 23.6 Å². The van der Waals surface area contributed by atoms with Crippen LogP contribution in [0.5, 0.6) is 0 Å². The summed E-state index contributed by atoms with van der Waals surface area (Å²) in [5, 5.41) is 8.78. The second-order valence-electron chi connectivity index (χ2n) is 6.71. The monoisotopic (exact) mass is 332 g/mol. The molecule has 5 heteroatoms. The van der Waals surface area contributed by atoms with Gasteiger partial charge in [-0.2, -0.15) is 5.10 Å². The van der Waals surface area contributed by atoms with Crippen LogP contribution in [0, 0.1) is 5.92 Å². The molecule has 0 amide bonds. The van der Waals surface area contributed by atoms with Crippen molar-refractivity contribution in [2.24, 2.45) is 5.92 Å². The van der Waals surface area contributed by atoms with Gasteiger partial charge in [0.05, 0.1) is 6.20 Å². The number of aromatic nitrogens is 2. The first kappa shape index (κ1) is 16.5. The molecule has 1 aromatic heterocycles. The van der Waals surface area contributed by atoms with Crippen LogP contribution in [0.3, 0.4) is 0 Å². The van der Waals surface area contributed by atoms with Crippen LogP contribution in [0.25, 0.3) is 0 Å². The molecule has 3 rings (SSSR count). The molecule has 23 heavy (non-hydrogen) atoms. The normalized spacial score (nSPS) is 19.4. The van der Waals surface area contributed by atoms with Crippen molar-refractivity contribution in [1.82, 2.24) is 20.0 Å². The minimum Gasteiger partial charge on any atom is -0.314 e. The lowest BCUT2D eigenvalue weighted by atomic mass is 10.0. The van der Waals surface area contributed by atoms with Crippen LogP contribution >= 0.6 is 11.6 Å². The highest BCUT2D eigenvalue weighted by Gasteiger charge is 2.24. The van der Waals surface area contributed by atoms with Gasteiger partial charge in [-0.1, -0.05) is 37.6 Å². The molecule has 1 aromatic carbocycles. The van der Waals surface area contributed by atoms with Gasteiger partial charge in [-0.25, -0.2) is 0 Å². The number of rotatable bonds is 5. The number of hydrogen-bond donors (Lipinski definition) is 1. The fraction of sp³-hybridized carbons (Fsp3) is 0.500. The van der Waals surface area contributed by atoms with Gasteiger partial charge in [0.2, 0.25) is 0 Å². The van der Waals surface area contributed by atoms with Crippen LogP contribution in [-0.4, -0.2) is 34.3 Å². The molecule has 124 valence electrons. The zero-order valence-electron chi connectivity index (χ0n) is 13.9. The van der Waals surface area contributed by atoms with Crippen LogP contribution in [-0.2, 0) is 13.1 Å². The highest BCUT2D eigenvalue weighted by molar-refractivity contribution is 6.30. The Morgan fingerprint density at radius 3 is 3.04 bits per heavy atom. The van der Waals surface area contributed by atoms with E-state index in [1.54, 1.807) is 0 Å². The quantitative estimate of drug-likeness (QED) is 0.911. The van der Waals surface area contributed by atoms with Crippen LogP contribution in [0.1, 0.15) is 31.0 Å². The van der Waals surface area contributed by atoms with Crippen molar-refractivity contribution in [1.29, 1.82) is 0 Å². The molecule has 0 radical (unpaired) electrons. The summed E-state index contributed by atoms with van der Waals surface area (Å²) < 4.78 is 2.05. The molecule has 1 saturated heterocycles. The predicted molar refractivity (Wildman–Crippen MR) is 94.5 cm³/mol. The van der Waals surface area contributed by atoms with E-state index >= 15 is 0 Å². The smallest absolute Gasteiger partial charge is 0.0534 e. The van der Waals surface area contributed by atoms with E-state index in [-0.39, 0.29) is 0 Å². The molecule has 1 N–H and O–H groups in total. The first-order valence-electron chi connectivity index (χ1n) is 8.33. The van der Waals surface area contributed by atoms with Gasteiger partial charge in [0.25, 0.3) is 0 Å². The summed E-state index contributed by atoms with van der Waals surface area (Å²) in [4.78, 5) is 2.51. The van der Waals surface area contributed by atoms with E-state index in [0.29, 0.717) is 12.0 Å². The maximum Gasteiger partial charge on any atom is 0.0534 e. The van der Waals surface area contributed by atoms with Crippen molar-refractivity contribution in [3.8, 4) is 0 Å². The zero-order valence-corrected chi connectivity index (χ0v) is 14.6. The lowest BCUT2D eigenvalue weighted by Gasteiger charge is -2.36. The number of halogens is 1. The van der Waals surface area contributed by atoms with Gasteiger partial charge in [0, 0.05) is 55.5 Å². The van der Waals surface area contributed by atoms with E-state index in [1.165, 1.54) is 11.1 Å². The Kier molecular flexibility index (Phi) is 5.36. The Morgan fingerprint density at radius 1 is 1.39 bits per heavy atom. The first-order chi connectivity index (χ1) is 11.1. The minimum atomic E-state index is 0.357. The summed E-state index contributed by atoms with van der Waals surface area (Å²) >= 11 is 6.17. The predicted octanol–water partition coefficient (Wildman–Crippen LogP) is 3.34. The molecular weight excluding hydrogens is 308 g/mol. The summed E-state index contributed by atoms with van der Waals surface area (Å²) in [6.45, 7) is 9.35. The lowest BCUT2D eigenvalue weighted by molar-refractivity contribution is 0.153. The van der Waals surface area contributed by atoms with Crippen molar-refractivity contribution >= 4 is 11.6 Å². The average molecular weight is 333 g/mol. The van der Waals surface area contributed by atoms with E-state index in [4.69, 9.17) is 11.6 Å². The van der Waals surface area contributed by atoms with Crippen LogP contribution in [0.2, 0.25) is 5.02 Å². The molecule has 1 unspecified atom stereocenters. The second kappa shape index (κ2) is 7.47. The third kappa shape index (κ3) is 4.34. The maximum atomic E-state index is 6.17. The Balaban J connectivity index is 1.73. The average Bonchev–Trinajstić information content (AvgIpc) is 2.94. The van der Waals surface area contributed by atoms with E-state index in [1.807, 2.05) is 18.3 Å². The topological polar surface area (TPSA) is 33.1 Å². The number of piperazine rings is 1. The summed E-state index contributed by atoms with van der Waals surface area (Å²) in [6, 6.07) is 8.57. The zero-order chi connectivity index (χ0) is 16.2. The van der Waals surface area contributed by atoms with E-state index in [2.05, 4.69) is 52.2 Å². The van der Waals surface area contributed by atoms with Gasteiger partial charge in [-0.15, -0.1) is 0 Å². The molecule has 2 aromatic rings. The van der Waals surface area contributed by atoms with Gasteiger partial charge >= 0.3 is 0 Å². The second-order valence-corrected chi connectivity index (χ2v) is 7.15. The molecule has 2 heterocycles. The van der Waals surface area contributed by atoms with E-state index in [0.717, 1.165) is 37.7 Å². The number of nitrogens with zero attached hydrogens (tertiary/aromatic N) is 3. The van der Waals surface area contributed by atoms with Gasteiger partial charge in [0.15, 0.2) is 0 Å². The summed E-state index contributed by atoms with van der Waals surface area (Å²) in [5.74, 6) is 0.612. The van der Waals surface area contributed by atoms with Gasteiger partial charge in [-0.3, -0.25) is 9.58 Å². The standard InChI is InChI=1S/C18H25ClN4/c1-14(2)11-23-13-15(9-21-23)12-22-7-6-20-10-18(22)16-4-3-5-17(19)8-16/h3-5,8-9,13-14,18,20H,6-7,10-12H2,1-2H3. The van der Waals surface area contributed by atoms with Crippen molar-refractivity contribution in [2.45, 2.75) is 33.0 Å². The molecule has 0 saturated carbocycles. The summed E-state index contributed by atoms with van der Waals surface area (Å²) in [7, 11) is 0.